The third-order valence-electron chi connectivity index (χ3n) is 3.82. The van der Waals surface area contributed by atoms with Crippen LogP contribution in [0.2, 0.25) is 0 Å². The largest absolute Gasteiger partial charge is 0.416 e. The van der Waals surface area contributed by atoms with Crippen LogP contribution in [0.25, 0.3) is 0 Å². The minimum Gasteiger partial charge on any atom is -0.366 e. The number of nitrogens with zero attached hydrogens (tertiary/aromatic N) is 1. The Hall–Kier alpha value is -1.40. The van der Waals surface area contributed by atoms with Crippen molar-refractivity contribution >= 4 is 5.69 Å². The smallest absolute Gasteiger partial charge is 0.366 e. The van der Waals surface area contributed by atoms with Gasteiger partial charge in [-0.3, -0.25) is 0 Å². The van der Waals surface area contributed by atoms with Gasteiger partial charge < -0.3 is 4.90 Å². The van der Waals surface area contributed by atoms with E-state index in [0.29, 0.717) is 0 Å². The van der Waals surface area contributed by atoms with E-state index in [1.165, 1.54) is 0 Å². The maximum atomic E-state index is 12.8. The molecule has 7 heteroatoms. The van der Waals surface area contributed by atoms with Crippen molar-refractivity contribution in [1.29, 1.82) is 0 Å². The highest BCUT2D eigenvalue weighted by atomic mass is 19.4. The van der Waals surface area contributed by atoms with Crippen LogP contribution < -0.4 is 4.90 Å². The molecule has 1 aromatic carbocycles. The fraction of sp³-hybridized carbons (Fsp3) is 0.571. The number of hydrogen-bond acceptors (Lipinski definition) is 1. The fourth-order valence-corrected chi connectivity index (χ4v) is 2.79. The molecule has 1 aromatic rings. The molecule has 0 bridgehead atoms. The van der Waals surface area contributed by atoms with Crippen molar-refractivity contribution in [2.75, 3.05) is 4.90 Å². The zero-order valence-electron chi connectivity index (χ0n) is 11.5. The Morgan fingerprint density at radius 3 is 1.52 bits per heavy atom. The first-order chi connectivity index (χ1) is 9.50. The molecule has 1 fully saturated rings. The van der Waals surface area contributed by atoms with E-state index in [1.807, 2.05) is 0 Å². The second-order valence-corrected chi connectivity index (χ2v) is 5.45. The molecule has 1 nitrogen and oxygen atoms in total. The number of alkyl halides is 6. The van der Waals surface area contributed by atoms with Gasteiger partial charge in [0.2, 0.25) is 0 Å². The first kappa shape index (κ1) is 16.0. The summed E-state index contributed by atoms with van der Waals surface area (Å²) in [5, 5.41) is 0. The summed E-state index contributed by atoms with van der Waals surface area (Å²) in [6.45, 7) is 3.61. The van der Waals surface area contributed by atoms with Gasteiger partial charge in [0.25, 0.3) is 0 Å². The van der Waals surface area contributed by atoms with Crippen LogP contribution in [0.5, 0.6) is 0 Å². The average molecular weight is 311 g/mol. The van der Waals surface area contributed by atoms with Crippen LogP contribution in [-0.2, 0) is 12.4 Å². The Morgan fingerprint density at radius 1 is 0.810 bits per heavy atom. The molecule has 21 heavy (non-hydrogen) atoms. The minimum absolute atomic E-state index is 0.0188. The molecule has 1 aliphatic heterocycles. The molecule has 1 heterocycles. The summed E-state index contributed by atoms with van der Waals surface area (Å²) < 4.78 is 77.0. The van der Waals surface area contributed by atoms with Crippen molar-refractivity contribution in [3.05, 3.63) is 29.3 Å². The van der Waals surface area contributed by atoms with Crippen LogP contribution in [0, 0.1) is 0 Å². The summed E-state index contributed by atoms with van der Waals surface area (Å²) in [5.41, 5.74) is -2.55. The molecule has 0 saturated carbocycles. The maximum absolute atomic E-state index is 12.8. The molecule has 0 aromatic heterocycles. The van der Waals surface area contributed by atoms with Gasteiger partial charge in [0.05, 0.1) is 11.1 Å². The predicted octanol–water partition coefficient (Wildman–Crippen LogP) is 5.10. The van der Waals surface area contributed by atoms with E-state index in [4.69, 9.17) is 0 Å². The van der Waals surface area contributed by atoms with Crippen molar-refractivity contribution in [2.24, 2.45) is 0 Å². The van der Waals surface area contributed by atoms with E-state index in [2.05, 4.69) is 0 Å². The molecular weight excluding hydrogens is 296 g/mol. The highest BCUT2D eigenvalue weighted by molar-refractivity contribution is 5.55. The SMILES string of the molecule is CC1CCC(C)N1c1cc(C(F)(F)F)cc(C(F)(F)F)c1. The van der Waals surface area contributed by atoms with E-state index in [1.54, 1.807) is 18.7 Å². The van der Waals surface area contributed by atoms with E-state index >= 15 is 0 Å². The lowest BCUT2D eigenvalue weighted by Crippen LogP contribution is -2.33. The van der Waals surface area contributed by atoms with Gasteiger partial charge in [-0.2, -0.15) is 26.3 Å². The number of rotatable bonds is 1. The molecule has 0 aliphatic carbocycles. The van der Waals surface area contributed by atoms with Gasteiger partial charge in [-0.15, -0.1) is 0 Å². The standard InChI is InChI=1S/C14H15F6N/c1-8-3-4-9(2)21(8)12-6-10(13(15,16)17)5-11(7-12)14(18,19)20/h5-9H,3-4H2,1-2H3. The van der Waals surface area contributed by atoms with Crippen LogP contribution in [0.1, 0.15) is 37.8 Å². The summed E-state index contributed by atoms with van der Waals surface area (Å²) in [6, 6.07) is 1.60. The van der Waals surface area contributed by atoms with Crippen LogP contribution in [-0.4, -0.2) is 12.1 Å². The molecule has 0 radical (unpaired) electrons. The Morgan fingerprint density at radius 2 is 1.19 bits per heavy atom. The highest BCUT2D eigenvalue weighted by Crippen LogP contribution is 2.40. The topological polar surface area (TPSA) is 3.24 Å². The number of benzene rings is 1. The van der Waals surface area contributed by atoms with Gasteiger partial charge in [0.15, 0.2) is 0 Å². The summed E-state index contributed by atoms with van der Waals surface area (Å²) in [6.07, 6.45) is -8.11. The highest BCUT2D eigenvalue weighted by Gasteiger charge is 2.38. The molecule has 2 atom stereocenters. The van der Waals surface area contributed by atoms with Gasteiger partial charge in [-0.05, 0) is 44.9 Å². The fourth-order valence-electron chi connectivity index (χ4n) is 2.79. The van der Waals surface area contributed by atoms with E-state index in [-0.39, 0.29) is 23.8 Å². The first-order valence-corrected chi connectivity index (χ1v) is 6.58. The van der Waals surface area contributed by atoms with E-state index < -0.39 is 23.5 Å². The number of anilines is 1. The lowest BCUT2D eigenvalue weighted by molar-refractivity contribution is -0.143. The van der Waals surface area contributed by atoms with Gasteiger partial charge >= 0.3 is 12.4 Å². The molecule has 0 N–H and O–H groups in total. The Kier molecular flexibility index (Phi) is 3.88. The van der Waals surface area contributed by atoms with Gasteiger partial charge in [-0.1, -0.05) is 0 Å². The summed E-state index contributed by atoms with van der Waals surface area (Å²) >= 11 is 0. The molecular formula is C14H15F6N. The van der Waals surface area contributed by atoms with E-state index in [9.17, 15) is 26.3 Å². The summed E-state index contributed by atoms with van der Waals surface area (Å²) in [7, 11) is 0. The van der Waals surface area contributed by atoms with Crippen molar-refractivity contribution in [3.63, 3.8) is 0 Å². The van der Waals surface area contributed by atoms with Crippen LogP contribution in [0.15, 0.2) is 18.2 Å². The van der Waals surface area contributed by atoms with Crippen molar-refractivity contribution in [2.45, 2.75) is 51.1 Å². The molecule has 0 spiro atoms. The van der Waals surface area contributed by atoms with E-state index in [0.717, 1.165) is 25.0 Å². The van der Waals surface area contributed by atoms with Crippen LogP contribution in [0.4, 0.5) is 32.0 Å². The normalized spacial score (nSPS) is 23.7. The summed E-state index contributed by atoms with van der Waals surface area (Å²) in [5.74, 6) is 0. The van der Waals surface area contributed by atoms with Crippen molar-refractivity contribution in [3.8, 4) is 0 Å². The molecule has 1 saturated heterocycles. The zero-order chi connectivity index (χ0) is 16.0. The van der Waals surface area contributed by atoms with Crippen LogP contribution in [0.3, 0.4) is 0 Å². The molecule has 1 aliphatic rings. The molecule has 118 valence electrons. The average Bonchev–Trinajstić information content (AvgIpc) is 2.66. The predicted molar refractivity (Wildman–Crippen MR) is 67.1 cm³/mol. The second-order valence-electron chi connectivity index (χ2n) is 5.45. The molecule has 2 unspecified atom stereocenters. The monoisotopic (exact) mass is 311 g/mol. The van der Waals surface area contributed by atoms with Gasteiger partial charge in [-0.25, -0.2) is 0 Å². The quantitative estimate of drug-likeness (QED) is 0.652. The Bertz CT molecular complexity index is 477. The molecule has 0 amide bonds. The van der Waals surface area contributed by atoms with Gasteiger partial charge in [0, 0.05) is 17.8 Å². The summed E-state index contributed by atoms with van der Waals surface area (Å²) in [4.78, 5) is 1.63. The Labute approximate surface area is 118 Å². The van der Waals surface area contributed by atoms with Crippen molar-refractivity contribution < 1.29 is 26.3 Å². The van der Waals surface area contributed by atoms with Gasteiger partial charge in [0.1, 0.15) is 0 Å². The maximum Gasteiger partial charge on any atom is 0.416 e. The lowest BCUT2D eigenvalue weighted by atomic mass is 10.1. The lowest BCUT2D eigenvalue weighted by Gasteiger charge is -2.30. The zero-order valence-corrected chi connectivity index (χ0v) is 11.5. The second kappa shape index (κ2) is 5.10. The third kappa shape index (κ3) is 3.27. The van der Waals surface area contributed by atoms with Crippen molar-refractivity contribution in [1.82, 2.24) is 0 Å². The minimum atomic E-state index is -4.80. The third-order valence-corrected chi connectivity index (χ3v) is 3.82. The number of hydrogen-bond donors (Lipinski definition) is 0. The number of halogens is 6. The molecule has 2 rings (SSSR count). The Balaban J connectivity index is 2.55. The van der Waals surface area contributed by atoms with Crippen LogP contribution >= 0.6 is 0 Å². The first-order valence-electron chi connectivity index (χ1n) is 6.58.